The van der Waals surface area contributed by atoms with Crippen molar-refractivity contribution < 1.29 is 14.3 Å². The molecule has 3 aliphatic rings. The van der Waals surface area contributed by atoms with E-state index in [0.717, 1.165) is 39.0 Å². The number of ether oxygens (including phenoxy) is 2. The zero-order chi connectivity index (χ0) is 13.0. The van der Waals surface area contributed by atoms with Crippen LogP contribution >= 0.6 is 0 Å². The van der Waals surface area contributed by atoms with Crippen molar-refractivity contribution in [1.82, 2.24) is 4.90 Å². The summed E-state index contributed by atoms with van der Waals surface area (Å²) in [6, 6.07) is 0. The Kier molecular flexibility index (Phi) is 2.47. The molecule has 18 heavy (non-hydrogen) atoms. The molecule has 0 bridgehead atoms. The lowest BCUT2D eigenvalue weighted by molar-refractivity contribution is -0.0493. The number of carbonyl (C=O) groups is 1. The van der Waals surface area contributed by atoms with Gasteiger partial charge in [0, 0.05) is 13.1 Å². The molecule has 0 aromatic rings. The van der Waals surface area contributed by atoms with E-state index in [2.05, 4.69) is 0 Å². The largest absolute Gasteiger partial charge is 0.444 e. The van der Waals surface area contributed by atoms with Gasteiger partial charge in [0.05, 0.1) is 12.2 Å². The van der Waals surface area contributed by atoms with Crippen molar-refractivity contribution in [2.75, 3.05) is 19.7 Å². The minimum atomic E-state index is -0.401. The summed E-state index contributed by atoms with van der Waals surface area (Å²) in [5.74, 6) is 0. The summed E-state index contributed by atoms with van der Waals surface area (Å²) in [5, 5.41) is 0. The molecule has 4 heteroatoms. The van der Waals surface area contributed by atoms with Crippen LogP contribution in [0.4, 0.5) is 4.79 Å². The van der Waals surface area contributed by atoms with Crippen LogP contribution in [0, 0.1) is 5.41 Å². The molecule has 2 heterocycles. The van der Waals surface area contributed by atoms with Crippen LogP contribution in [0.2, 0.25) is 0 Å². The summed E-state index contributed by atoms with van der Waals surface area (Å²) < 4.78 is 11.0. The molecule has 2 spiro atoms. The fourth-order valence-electron chi connectivity index (χ4n) is 3.60. The Bertz CT molecular complexity index is 360. The van der Waals surface area contributed by atoms with Crippen LogP contribution in [0.5, 0.6) is 0 Å². The fraction of sp³-hybridized carbons (Fsp3) is 0.929. The molecule has 1 saturated carbocycles. The van der Waals surface area contributed by atoms with Gasteiger partial charge in [-0.15, -0.1) is 0 Å². The second-order valence-electron chi connectivity index (χ2n) is 7.33. The van der Waals surface area contributed by atoms with E-state index in [-0.39, 0.29) is 11.7 Å². The Hall–Kier alpha value is -0.770. The van der Waals surface area contributed by atoms with E-state index in [1.807, 2.05) is 25.7 Å². The highest BCUT2D eigenvalue weighted by Crippen LogP contribution is 2.60. The van der Waals surface area contributed by atoms with Gasteiger partial charge in [-0.05, 0) is 51.9 Å². The van der Waals surface area contributed by atoms with Crippen LogP contribution in [0.25, 0.3) is 0 Å². The second kappa shape index (κ2) is 3.62. The first kappa shape index (κ1) is 12.3. The molecular weight excluding hydrogens is 230 g/mol. The molecule has 0 aromatic heterocycles. The maximum absolute atomic E-state index is 12.1. The number of amides is 1. The standard InChI is InChI=1S/C14H23NO3/c1-12(2,3)18-11(16)15-6-4-5-13(9-15)7-14(8-13)10-17-14/h4-10H2,1-3H3. The molecule has 1 amide bonds. The Morgan fingerprint density at radius 3 is 2.56 bits per heavy atom. The number of nitrogens with zero attached hydrogens (tertiary/aromatic N) is 1. The molecule has 102 valence electrons. The van der Waals surface area contributed by atoms with Crippen molar-refractivity contribution in [3.63, 3.8) is 0 Å². The molecule has 3 fully saturated rings. The van der Waals surface area contributed by atoms with Crippen LogP contribution in [-0.2, 0) is 9.47 Å². The number of carbonyl (C=O) groups excluding carboxylic acids is 1. The lowest BCUT2D eigenvalue weighted by Gasteiger charge is -2.51. The maximum Gasteiger partial charge on any atom is 0.410 e. The molecule has 0 aromatic carbocycles. The van der Waals surface area contributed by atoms with Gasteiger partial charge < -0.3 is 14.4 Å². The average Bonchev–Trinajstić information content (AvgIpc) is 2.95. The number of piperidine rings is 1. The SMILES string of the molecule is CC(C)(C)OC(=O)N1CCCC2(C1)CC1(CO1)C2. The van der Waals surface area contributed by atoms with E-state index in [4.69, 9.17) is 9.47 Å². The zero-order valence-corrected chi connectivity index (χ0v) is 11.6. The Labute approximate surface area is 109 Å². The van der Waals surface area contributed by atoms with Crippen molar-refractivity contribution >= 4 is 6.09 Å². The summed E-state index contributed by atoms with van der Waals surface area (Å²) in [6.07, 6.45) is 4.45. The highest BCUT2D eigenvalue weighted by molar-refractivity contribution is 5.68. The van der Waals surface area contributed by atoms with Crippen molar-refractivity contribution in [3.8, 4) is 0 Å². The summed E-state index contributed by atoms with van der Waals surface area (Å²) in [6.45, 7) is 8.38. The number of hydrogen-bond acceptors (Lipinski definition) is 3. The van der Waals surface area contributed by atoms with Crippen LogP contribution < -0.4 is 0 Å². The molecular formula is C14H23NO3. The van der Waals surface area contributed by atoms with E-state index in [0.29, 0.717) is 5.41 Å². The van der Waals surface area contributed by atoms with E-state index >= 15 is 0 Å². The molecule has 0 unspecified atom stereocenters. The summed E-state index contributed by atoms with van der Waals surface area (Å²) >= 11 is 0. The number of rotatable bonds is 0. The Morgan fingerprint density at radius 2 is 2.00 bits per heavy atom. The first-order chi connectivity index (χ1) is 8.32. The van der Waals surface area contributed by atoms with Crippen molar-refractivity contribution in [2.45, 2.75) is 57.7 Å². The highest BCUT2D eigenvalue weighted by Gasteiger charge is 2.63. The van der Waals surface area contributed by atoms with Gasteiger partial charge in [0.1, 0.15) is 5.60 Å². The summed E-state index contributed by atoms with van der Waals surface area (Å²) in [7, 11) is 0. The van der Waals surface area contributed by atoms with E-state index < -0.39 is 5.60 Å². The van der Waals surface area contributed by atoms with Gasteiger partial charge in [-0.2, -0.15) is 0 Å². The molecule has 0 radical (unpaired) electrons. The molecule has 2 aliphatic heterocycles. The quantitative estimate of drug-likeness (QED) is 0.623. The topological polar surface area (TPSA) is 42.1 Å². The Balaban J connectivity index is 1.59. The first-order valence-electron chi connectivity index (χ1n) is 6.94. The summed E-state index contributed by atoms with van der Waals surface area (Å²) in [5.41, 5.74) is 0.144. The lowest BCUT2D eigenvalue weighted by Crippen LogP contribution is -2.55. The molecule has 0 atom stereocenters. The fourth-order valence-corrected chi connectivity index (χ4v) is 3.60. The van der Waals surface area contributed by atoms with Gasteiger partial charge in [0.15, 0.2) is 0 Å². The van der Waals surface area contributed by atoms with Gasteiger partial charge in [-0.25, -0.2) is 4.79 Å². The van der Waals surface area contributed by atoms with Gasteiger partial charge >= 0.3 is 6.09 Å². The van der Waals surface area contributed by atoms with E-state index in [9.17, 15) is 4.79 Å². The van der Waals surface area contributed by atoms with Crippen molar-refractivity contribution in [1.29, 1.82) is 0 Å². The van der Waals surface area contributed by atoms with Crippen molar-refractivity contribution in [3.05, 3.63) is 0 Å². The predicted molar refractivity (Wildman–Crippen MR) is 67.4 cm³/mol. The van der Waals surface area contributed by atoms with Crippen molar-refractivity contribution in [2.24, 2.45) is 5.41 Å². The smallest absolute Gasteiger partial charge is 0.410 e. The molecule has 1 aliphatic carbocycles. The Morgan fingerprint density at radius 1 is 1.33 bits per heavy atom. The van der Waals surface area contributed by atoms with Gasteiger partial charge in [-0.3, -0.25) is 0 Å². The molecule has 2 saturated heterocycles. The van der Waals surface area contributed by atoms with Crippen LogP contribution in [-0.4, -0.2) is 41.9 Å². The minimum Gasteiger partial charge on any atom is -0.444 e. The van der Waals surface area contributed by atoms with Gasteiger partial charge in [-0.1, -0.05) is 0 Å². The van der Waals surface area contributed by atoms with Crippen LogP contribution in [0.15, 0.2) is 0 Å². The van der Waals surface area contributed by atoms with E-state index in [1.54, 1.807) is 0 Å². The van der Waals surface area contributed by atoms with Crippen LogP contribution in [0.1, 0.15) is 46.5 Å². The molecule has 4 nitrogen and oxygen atoms in total. The normalized spacial score (nSPS) is 38.7. The first-order valence-corrected chi connectivity index (χ1v) is 6.94. The number of likely N-dealkylation sites (tertiary alicyclic amines) is 1. The second-order valence-corrected chi connectivity index (χ2v) is 7.33. The number of epoxide rings is 1. The molecule has 3 rings (SSSR count). The predicted octanol–water partition coefficient (Wildman–Crippen LogP) is 2.57. The highest BCUT2D eigenvalue weighted by atomic mass is 16.6. The number of hydrogen-bond donors (Lipinski definition) is 0. The average molecular weight is 253 g/mol. The third kappa shape index (κ3) is 2.22. The zero-order valence-electron chi connectivity index (χ0n) is 11.6. The third-order valence-corrected chi connectivity index (χ3v) is 4.26. The lowest BCUT2D eigenvalue weighted by atomic mass is 9.58. The maximum atomic E-state index is 12.1. The third-order valence-electron chi connectivity index (χ3n) is 4.26. The van der Waals surface area contributed by atoms with Crippen LogP contribution in [0.3, 0.4) is 0 Å². The van der Waals surface area contributed by atoms with Gasteiger partial charge in [0.2, 0.25) is 0 Å². The molecule has 0 N–H and O–H groups in total. The van der Waals surface area contributed by atoms with E-state index in [1.165, 1.54) is 6.42 Å². The monoisotopic (exact) mass is 253 g/mol. The minimum absolute atomic E-state index is 0.153. The van der Waals surface area contributed by atoms with Gasteiger partial charge in [0.25, 0.3) is 0 Å². The summed E-state index contributed by atoms with van der Waals surface area (Å²) in [4.78, 5) is 14.0.